The van der Waals surface area contributed by atoms with E-state index in [1.165, 1.54) is 12.8 Å². The number of nitrogens with zero attached hydrogens (tertiary/aromatic N) is 1. The molecule has 3 N–H and O–H groups in total. The number of aromatic hydroxyl groups is 1. The van der Waals surface area contributed by atoms with E-state index in [-0.39, 0.29) is 0 Å². The van der Waals surface area contributed by atoms with Gasteiger partial charge in [0.1, 0.15) is 5.75 Å². The van der Waals surface area contributed by atoms with Gasteiger partial charge in [-0.2, -0.15) is 5.10 Å². The SMILES string of the molecule is Oc1cccc(-c2cn[nH]c2CC2CCCN2)c1. The number of benzene rings is 1. The molecule has 1 aliphatic heterocycles. The standard InChI is InChI=1S/C14H17N3O/c18-12-5-1-3-10(7-12)13-9-16-17-14(13)8-11-4-2-6-15-11/h1,3,5,7,9,11,15,18H,2,4,6,8H2,(H,16,17). The number of aromatic amines is 1. The molecule has 1 aromatic heterocycles. The number of H-pyrrole nitrogens is 1. The zero-order chi connectivity index (χ0) is 12.4. The fourth-order valence-electron chi connectivity index (χ4n) is 2.57. The topological polar surface area (TPSA) is 60.9 Å². The Labute approximate surface area is 106 Å². The van der Waals surface area contributed by atoms with Crippen molar-refractivity contribution in [1.29, 1.82) is 0 Å². The fraction of sp³-hybridized carbons (Fsp3) is 0.357. The van der Waals surface area contributed by atoms with E-state index in [2.05, 4.69) is 15.5 Å². The van der Waals surface area contributed by atoms with Crippen LogP contribution in [0.25, 0.3) is 11.1 Å². The summed E-state index contributed by atoms with van der Waals surface area (Å²) in [6.07, 6.45) is 5.27. The van der Waals surface area contributed by atoms with Crippen LogP contribution < -0.4 is 5.32 Å². The lowest BCUT2D eigenvalue weighted by atomic mass is 10.0. The molecule has 4 nitrogen and oxygen atoms in total. The predicted molar refractivity (Wildman–Crippen MR) is 70.4 cm³/mol. The van der Waals surface area contributed by atoms with Gasteiger partial charge in [0.25, 0.3) is 0 Å². The van der Waals surface area contributed by atoms with Gasteiger partial charge in [-0.1, -0.05) is 12.1 Å². The van der Waals surface area contributed by atoms with Crippen LogP contribution in [0.4, 0.5) is 0 Å². The number of phenols is 1. The van der Waals surface area contributed by atoms with Crippen molar-refractivity contribution >= 4 is 0 Å². The van der Waals surface area contributed by atoms with E-state index in [1.807, 2.05) is 18.3 Å². The highest BCUT2D eigenvalue weighted by molar-refractivity contribution is 5.66. The van der Waals surface area contributed by atoms with E-state index in [0.29, 0.717) is 11.8 Å². The molecule has 2 heterocycles. The number of aromatic nitrogens is 2. The second-order valence-electron chi connectivity index (χ2n) is 4.81. The van der Waals surface area contributed by atoms with Gasteiger partial charge in [0.2, 0.25) is 0 Å². The van der Waals surface area contributed by atoms with Crippen LogP contribution >= 0.6 is 0 Å². The first-order valence-corrected chi connectivity index (χ1v) is 6.38. The molecule has 4 heteroatoms. The van der Waals surface area contributed by atoms with Crippen LogP contribution in [0.5, 0.6) is 5.75 Å². The molecule has 1 atom stereocenters. The van der Waals surface area contributed by atoms with Crippen LogP contribution in [0.2, 0.25) is 0 Å². The van der Waals surface area contributed by atoms with E-state index in [1.54, 1.807) is 12.1 Å². The average Bonchev–Trinajstić information content (AvgIpc) is 3.01. The second kappa shape index (κ2) is 4.82. The molecule has 3 rings (SSSR count). The Balaban J connectivity index is 1.86. The number of hydrogen-bond acceptors (Lipinski definition) is 3. The Kier molecular flexibility index (Phi) is 3.02. The molecule has 1 unspecified atom stereocenters. The Morgan fingerprint density at radius 3 is 3.11 bits per heavy atom. The van der Waals surface area contributed by atoms with Crippen molar-refractivity contribution in [3.63, 3.8) is 0 Å². The number of nitrogens with one attached hydrogen (secondary N) is 2. The first-order chi connectivity index (χ1) is 8.83. The van der Waals surface area contributed by atoms with Crippen LogP contribution in [0, 0.1) is 0 Å². The second-order valence-corrected chi connectivity index (χ2v) is 4.81. The quantitative estimate of drug-likeness (QED) is 0.773. The highest BCUT2D eigenvalue weighted by Gasteiger charge is 2.17. The molecule has 2 aromatic rings. The molecule has 18 heavy (non-hydrogen) atoms. The summed E-state index contributed by atoms with van der Waals surface area (Å²) in [5.74, 6) is 0.290. The summed E-state index contributed by atoms with van der Waals surface area (Å²) in [7, 11) is 0. The summed E-state index contributed by atoms with van der Waals surface area (Å²) in [4.78, 5) is 0. The molecule has 94 valence electrons. The van der Waals surface area contributed by atoms with Crippen molar-refractivity contribution in [2.45, 2.75) is 25.3 Å². The summed E-state index contributed by atoms with van der Waals surface area (Å²) in [5, 5.41) is 20.2. The number of hydrogen-bond donors (Lipinski definition) is 3. The lowest BCUT2D eigenvalue weighted by molar-refractivity contribution is 0.475. The highest BCUT2D eigenvalue weighted by Crippen LogP contribution is 2.26. The Morgan fingerprint density at radius 1 is 1.39 bits per heavy atom. The van der Waals surface area contributed by atoms with Crippen molar-refractivity contribution in [3.8, 4) is 16.9 Å². The van der Waals surface area contributed by atoms with E-state index >= 15 is 0 Å². The maximum absolute atomic E-state index is 9.54. The van der Waals surface area contributed by atoms with Crippen LogP contribution in [-0.4, -0.2) is 27.9 Å². The maximum atomic E-state index is 9.54. The van der Waals surface area contributed by atoms with E-state index in [9.17, 15) is 5.11 Å². The Bertz CT molecular complexity index is 529. The van der Waals surface area contributed by atoms with Gasteiger partial charge in [-0.25, -0.2) is 0 Å². The molecular weight excluding hydrogens is 226 g/mol. The molecule has 0 saturated carbocycles. The Morgan fingerprint density at radius 2 is 2.33 bits per heavy atom. The molecule has 0 spiro atoms. The summed E-state index contributed by atoms with van der Waals surface area (Å²) < 4.78 is 0. The summed E-state index contributed by atoms with van der Waals surface area (Å²) in [6.45, 7) is 1.11. The van der Waals surface area contributed by atoms with Gasteiger partial charge < -0.3 is 10.4 Å². The van der Waals surface area contributed by atoms with Crippen molar-refractivity contribution in [3.05, 3.63) is 36.2 Å². The molecule has 1 aromatic carbocycles. The summed E-state index contributed by atoms with van der Waals surface area (Å²) >= 11 is 0. The van der Waals surface area contributed by atoms with Gasteiger partial charge in [0.05, 0.1) is 6.20 Å². The molecule has 0 bridgehead atoms. The minimum absolute atomic E-state index is 0.290. The van der Waals surface area contributed by atoms with E-state index < -0.39 is 0 Å². The third-order valence-corrected chi connectivity index (χ3v) is 3.49. The molecule has 0 radical (unpaired) electrons. The third kappa shape index (κ3) is 2.24. The zero-order valence-corrected chi connectivity index (χ0v) is 10.2. The molecule has 1 aliphatic rings. The lowest BCUT2D eigenvalue weighted by Crippen LogP contribution is -2.24. The summed E-state index contributed by atoms with van der Waals surface area (Å²) in [6, 6.07) is 7.85. The molecule has 0 amide bonds. The molecule has 1 fully saturated rings. The minimum Gasteiger partial charge on any atom is -0.508 e. The molecule has 0 aliphatic carbocycles. The molecule has 1 saturated heterocycles. The smallest absolute Gasteiger partial charge is 0.116 e. The van der Waals surface area contributed by atoms with Gasteiger partial charge >= 0.3 is 0 Å². The van der Waals surface area contributed by atoms with E-state index in [0.717, 1.165) is 29.8 Å². The van der Waals surface area contributed by atoms with Gasteiger partial charge in [0, 0.05) is 23.7 Å². The average molecular weight is 243 g/mol. The van der Waals surface area contributed by atoms with Gasteiger partial charge in [-0.05, 0) is 37.1 Å². The van der Waals surface area contributed by atoms with Crippen molar-refractivity contribution in [1.82, 2.24) is 15.5 Å². The lowest BCUT2D eigenvalue weighted by Gasteiger charge is -2.10. The van der Waals surface area contributed by atoms with Crippen molar-refractivity contribution in [2.24, 2.45) is 0 Å². The largest absolute Gasteiger partial charge is 0.508 e. The van der Waals surface area contributed by atoms with Crippen LogP contribution in [0.1, 0.15) is 18.5 Å². The first kappa shape index (κ1) is 11.3. The van der Waals surface area contributed by atoms with Gasteiger partial charge in [-0.3, -0.25) is 5.10 Å². The Hall–Kier alpha value is -1.81. The van der Waals surface area contributed by atoms with Gasteiger partial charge in [-0.15, -0.1) is 0 Å². The van der Waals surface area contributed by atoms with Crippen LogP contribution in [-0.2, 0) is 6.42 Å². The first-order valence-electron chi connectivity index (χ1n) is 6.38. The maximum Gasteiger partial charge on any atom is 0.116 e. The van der Waals surface area contributed by atoms with E-state index in [4.69, 9.17) is 0 Å². The minimum atomic E-state index is 0.290. The highest BCUT2D eigenvalue weighted by atomic mass is 16.3. The predicted octanol–water partition coefficient (Wildman–Crippen LogP) is 2.08. The van der Waals surface area contributed by atoms with Crippen LogP contribution in [0.15, 0.2) is 30.5 Å². The monoisotopic (exact) mass is 243 g/mol. The van der Waals surface area contributed by atoms with Crippen LogP contribution in [0.3, 0.4) is 0 Å². The third-order valence-electron chi connectivity index (χ3n) is 3.49. The van der Waals surface area contributed by atoms with Crippen molar-refractivity contribution in [2.75, 3.05) is 6.54 Å². The fourth-order valence-corrected chi connectivity index (χ4v) is 2.57. The van der Waals surface area contributed by atoms with Gasteiger partial charge in [0.15, 0.2) is 0 Å². The number of rotatable bonds is 3. The van der Waals surface area contributed by atoms with Crippen molar-refractivity contribution < 1.29 is 5.11 Å². The zero-order valence-electron chi connectivity index (χ0n) is 10.2. The normalized spacial score (nSPS) is 19.2. The molecular formula is C14H17N3O. The number of phenolic OH excluding ortho intramolecular Hbond substituents is 1. The summed E-state index contributed by atoms with van der Waals surface area (Å²) in [5.41, 5.74) is 3.23.